The van der Waals surface area contributed by atoms with Crippen molar-refractivity contribution in [1.82, 2.24) is 4.57 Å². The molecule has 5 nitrogen and oxygen atoms in total. The molecule has 0 N–H and O–H groups in total. The van der Waals surface area contributed by atoms with Gasteiger partial charge in [0.15, 0.2) is 11.6 Å². The highest BCUT2D eigenvalue weighted by Gasteiger charge is 2.39. The highest BCUT2D eigenvalue weighted by atomic mass is 16.5. The van der Waals surface area contributed by atoms with Gasteiger partial charge in [0, 0.05) is 35.7 Å². The summed E-state index contributed by atoms with van der Waals surface area (Å²) in [5.74, 6) is -0.918. The van der Waals surface area contributed by atoms with E-state index in [4.69, 9.17) is 4.74 Å². The van der Waals surface area contributed by atoms with Crippen molar-refractivity contribution in [2.24, 2.45) is 0 Å². The number of hydrogen-bond acceptors (Lipinski definition) is 4. The quantitative estimate of drug-likeness (QED) is 0.132. The largest absolute Gasteiger partial charge is 0.465 e. The van der Waals surface area contributed by atoms with Crippen molar-refractivity contribution < 1.29 is 19.1 Å². The van der Waals surface area contributed by atoms with Crippen molar-refractivity contribution in [1.29, 1.82) is 0 Å². The third-order valence-corrected chi connectivity index (χ3v) is 7.30. The Morgan fingerprint density at radius 1 is 0.643 bits per heavy atom. The average molecular weight is 556 g/mol. The zero-order valence-electron chi connectivity index (χ0n) is 24.0. The number of esters is 1. The summed E-state index contributed by atoms with van der Waals surface area (Å²) in [5.41, 5.74) is 3.89. The maximum absolute atomic E-state index is 14.6. The minimum Gasteiger partial charge on any atom is -0.465 e. The zero-order chi connectivity index (χ0) is 29.7. The van der Waals surface area contributed by atoms with E-state index in [0.717, 1.165) is 11.1 Å². The van der Waals surface area contributed by atoms with E-state index in [9.17, 15) is 14.4 Å². The van der Waals surface area contributed by atoms with Gasteiger partial charge in [0.1, 0.15) is 6.61 Å². The van der Waals surface area contributed by atoms with Gasteiger partial charge >= 0.3 is 5.97 Å². The van der Waals surface area contributed by atoms with Gasteiger partial charge in [-0.05, 0) is 11.1 Å². The average Bonchev–Trinajstić information content (AvgIpc) is 3.36. The second-order valence-corrected chi connectivity index (χ2v) is 10.9. The second-order valence-electron chi connectivity index (χ2n) is 10.9. The number of ketones is 2. The number of hydrogen-bond donors (Lipinski definition) is 0. The van der Waals surface area contributed by atoms with E-state index in [-0.39, 0.29) is 18.2 Å². The van der Waals surface area contributed by atoms with Crippen molar-refractivity contribution in [2.75, 3.05) is 6.61 Å². The van der Waals surface area contributed by atoms with Crippen molar-refractivity contribution in [3.63, 3.8) is 0 Å². The van der Waals surface area contributed by atoms with Gasteiger partial charge in [0.2, 0.25) is 0 Å². The van der Waals surface area contributed by atoms with Crippen LogP contribution in [0.15, 0.2) is 121 Å². The molecular weight excluding hydrogens is 522 g/mol. The van der Waals surface area contributed by atoms with Crippen LogP contribution >= 0.6 is 0 Å². The van der Waals surface area contributed by atoms with Crippen LogP contribution in [0.5, 0.6) is 0 Å². The first-order chi connectivity index (χ1) is 20.3. The molecule has 0 saturated carbocycles. The van der Waals surface area contributed by atoms with Crippen LogP contribution in [0.4, 0.5) is 0 Å². The molecule has 0 aliphatic rings. The van der Waals surface area contributed by atoms with E-state index in [1.54, 1.807) is 24.3 Å². The smallest absolute Gasteiger partial charge is 0.302 e. The number of carbonyl (C=O) groups excluding carboxylic acids is 3. The van der Waals surface area contributed by atoms with Gasteiger partial charge in [-0.3, -0.25) is 14.4 Å². The second kappa shape index (κ2) is 12.2. The molecule has 0 atom stereocenters. The fourth-order valence-electron chi connectivity index (χ4n) is 5.40. The van der Waals surface area contributed by atoms with E-state index in [2.05, 4.69) is 4.57 Å². The Morgan fingerprint density at radius 2 is 1.10 bits per heavy atom. The van der Waals surface area contributed by atoms with E-state index in [0.29, 0.717) is 40.2 Å². The summed E-state index contributed by atoms with van der Waals surface area (Å²) in [7, 11) is 0. The molecule has 0 amide bonds. The van der Waals surface area contributed by atoms with Gasteiger partial charge in [0.25, 0.3) is 0 Å². The lowest BCUT2D eigenvalue weighted by molar-refractivity contribution is -0.142. The van der Waals surface area contributed by atoms with E-state index < -0.39 is 11.4 Å². The maximum atomic E-state index is 14.6. The molecule has 1 heterocycles. The molecule has 1 aromatic heterocycles. The van der Waals surface area contributed by atoms with Crippen LogP contribution in [0.2, 0.25) is 0 Å². The Balaban J connectivity index is 1.92. The molecule has 5 rings (SSSR count). The van der Waals surface area contributed by atoms with Gasteiger partial charge in [-0.2, -0.15) is 0 Å². The highest BCUT2D eigenvalue weighted by Crippen LogP contribution is 2.41. The van der Waals surface area contributed by atoms with Crippen molar-refractivity contribution in [3.05, 3.63) is 155 Å². The zero-order valence-corrected chi connectivity index (χ0v) is 24.0. The molecule has 4 aromatic carbocycles. The first-order valence-corrected chi connectivity index (χ1v) is 14.0. The number of carbonyl (C=O) groups is 3. The summed E-state index contributed by atoms with van der Waals surface area (Å²) in [6, 6.07) is 37.7. The Morgan fingerprint density at radius 3 is 1.60 bits per heavy atom. The van der Waals surface area contributed by atoms with Crippen LogP contribution in [0.1, 0.15) is 63.9 Å². The van der Waals surface area contributed by atoms with Crippen molar-refractivity contribution in [2.45, 2.75) is 32.7 Å². The lowest BCUT2D eigenvalue weighted by atomic mass is 9.83. The predicted octanol–water partition coefficient (Wildman–Crippen LogP) is 7.51. The molecule has 0 spiro atoms. The van der Waals surface area contributed by atoms with E-state index in [1.165, 1.54) is 6.92 Å². The molecule has 0 radical (unpaired) electrons. The molecule has 0 aliphatic carbocycles. The fourth-order valence-corrected chi connectivity index (χ4v) is 5.40. The van der Waals surface area contributed by atoms with Crippen molar-refractivity contribution in [3.8, 4) is 11.3 Å². The Kier molecular flexibility index (Phi) is 8.30. The summed E-state index contributed by atoms with van der Waals surface area (Å²) >= 11 is 0. The van der Waals surface area contributed by atoms with Gasteiger partial charge in [-0.15, -0.1) is 0 Å². The summed E-state index contributed by atoms with van der Waals surface area (Å²) in [4.78, 5) is 41.1. The number of ether oxygens (including phenoxy) is 1. The van der Waals surface area contributed by atoms with Crippen LogP contribution in [-0.4, -0.2) is 28.7 Å². The number of rotatable bonds is 10. The van der Waals surface area contributed by atoms with Crippen LogP contribution in [0.25, 0.3) is 11.3 Å². The molecule has 0 fully saturated rings. The third kappa shape index (κ3) is 5.86. The first kappa shape index (κ1) is 28.5. The number of nitrogens with zero attached hydrogens (tertiary/aromatic N) is 1. The predicted molar refractivity (Wildman–Crippen MR) is 165 cm³/mol. The molecule has 0 saturated heterocycles. The summed E-state index contributed by atoms with van der Waals surface area (Å²) < 4.78 is 7.63. The van der Waals surface area contributed by atoms with Crippen LogP contribution in [0.3, 0.4) is 0 Å². The van der Waals surface area contributed by atoms with Gasteiger partial charge in [-0.25, -0.2) is 0 Å². The first-order valence-electron chi connectivity index (χ1n) is 14.0. The van der Waals surface area contributed by atoms with Crippen LogP contribution < -0.4 is 0 Å². The number of benzene rings is 4. The molecule has 0 bridgehead atoms. The molecule has 5 heteroatoms. The molecule has 0 aliphatic heterocycles. The summed E-state index contributed by atoms with van der Waals surface area (Å²) in [5, 5.41) is 0. The van der Waals surface area contributed by atoms with Gasteiger partial charge in [0.05, 0.1) is 16.8 Å². The molecule has 5 aromatic rings. The summed E-state index contributed by atoms with van der Waals surface area (Å²) in [6.07, 6.45) is 0. The topological polar surface area (TPSA) is 65.4 Å². The molecule has 210 valence electrons. The van der Waals surface area contributed by atoms with E-state index in [1.807, 2.05) is 111 Å². The van der Waals surface area contributed by atoms with Gasteiger partial charge < -0.3 is 9.30 Å². The lowest BCUT2D eigenvalue weighted by Gasteiger charge is -2.28. The van der Waals surface area contributed by atoms with E-state index >= 15 is 0 Å². The standard InChI is InChI=1S/C37H33NO4/c1-26(39)42-25-37(2,3)36-32(35(41)30-22-14-7-15-23-30)31(34(40)29-20-12-6-13-21-29)33(28-18-10-5-11-19-28)38(36)24-27-16-8-4-9-17-27/h4-23H,24-25H2,1-3H3. The minimum atomic E-state index is -0.834. The fraction of sp³-hybridized carbons (Fsp3) is 0.162. The third-order valence-electron chi connectivity index (χ3n) is 7.30. The minimum absolute atomic E-state index is 0.0312. The normalized spacial score (nSPS) is 11.2. The Bertz CT molecular complexity index is 1700. The summed E-state index contributed by atoms with van der Waals surface area (Å²) in [6.45, 7) is 5.69. The molecule has 42 heavy (non-hydrogen) atoms. The monoisotopic (exact) mass is 555 g/mol. The van der Waals surface area contributed by atoms with Crippen molar-refractivity contribution >= 4 is 17.5 Å². The Labute approximate surface area is 246 Å². The lowest BCUT2D eigenvalue weighted by Crippen LogP contribution is -2.31. The molecule has 0 unspecified atom stereocenters. The molecular formula is C37H33NO4. The SMILES string of the molecule is CC(=O)OCC(C)(C)c1c(C(=O)c2ccccc2)c(C(=O)c2ccccc2)c(-c2ccccc2)n1Cc1ccccc1. The van der Waals surface area contributed by atoms with Crippen LogP contribution in [-0.2, 0) is 21.5 Å². The van der Waals surface area contributed by atoms with Crippen LogP contribution in [0, 0.1) is 0 Å². The number of aromatic nitrogens is 1. The van der Waals surface area contributed by atoms with Gasteiger partial charge in [-0.1, -0.05) is 135 Å². The highest BCUT2D eigenvalue weighted by molar-refractivity contribution is 6.23. The maximum Gasteiger partial charge on any atom is 0.302 e. The Hall–Kier alpha value is -5.03.